The molecule has 1 heteroatoms. The van der Waals surface area contributed by atoms with Gasteiger partial charge in [-0.05, 0) is 28.3 Å². The van der Waals surface area contributed by atoms with Crippen LogP contribution in [0.3, 0.4) is 0 Å². The van der Waals surface area contributed by atoms with E-state index in [2.05, 4.69) is 72.8 Å². The first-order valence-corrected chi connectivity index (χ1v) is 7.51. The summed E-state index contributed by atoms with van der Waals surface area (Å²) in [4.78, 5) is 4.96. The second kappa shape index (κ2) is 4.28. The topological polar surface area (TPSA) is 12.9 Å². The minimum absolute atomic E-state index is 1.05. The Balaban J connectivity index is 2.17. The van der Waals surface area contributed by atoms with Gasteiger partial charge in [0.2, 0.25) is 0 Å². The number of hydrogen-bond acceptors (Lipinski definition) is 1. The first-order valence-electron chi connectivity index (χ1n) is 7.51. The van der Waals surface area contributed by atoms with E-state index in [4.69, 9.17) is 4.98 Å². The number of nitrogens with zero attached hydrogens (tertiary/aromatic N) is 1. The maximum Gasteiger partial charge on any atom is 0.0794 e. The number of benzene rings is 4. The second-order valence-electron chi connectivity index (χ2n) is 5.67. The highest BCUT2D eigenvalue weighted by Gasteiger charge is 2.09. The highest BCUT2D eigenvalue weighted by Crippen LogP contribution is 2.35. The second-order valence-corrected chi connectivity index (χ2v) is 5.67. The lowest BCUT2D eigenvalue weighted by Crippen LogP contribution is -1.87. The standard InChI is InChI=1S/C21H13N/c1-6-12-20-14(7-1)13-19-17-10-3-2-8-15(17)16-9-4-5-11-18(16)21(19)22-20/h1-13H. The molecule has 1 heterocycles. The van der Waals surface area contributed by atoms with E-state index in [9.17, 15) is 0 Å². The summed E-state index contributed by atoms with van der Waals surface area (Å²) in [7, 11) is 0. The lowest BCUT2D eigenvalue weighted by molar-refractivity contribution is 1.52. The molecule has 0 saturated heterocycles. The van der Waals surface area contributed by atoms with Crippen LogP contribution in [0.1, 0.15) is 0 Å². The van der Waals surface area contributed by atoms with Gasteiger partial charge in [-0.3, -0.25) is 0 Å². The summed E-state index contributed by atoms with van der Waals surface area (Å²) in [5, 5.41) is 7.48. The molecule has 0 bridgehead atoms. The molecule has 0 N–H and O–H groups in total. The Kier molecular flexibility index (Phi) is 2.28. The van der Waals surface area contributed by atoms with Crippen molar-refractivity contribution in [3.05, 3.63) is 78.9 Å². The lowest BCUT2D eigenvalue weighted by Gasteiger charge is -2.10. The average molecular weight is 279 g/mol. The monoisotopic (exact) mass is 279 g/mol. The number of pyridine rings is 1. The van der Waals surface area contributed by atoms with Crippen molar-refractivity contribution in [2.75, 3.05) is 0 Å². The number of rotatable bonds is 0. The molecule has 1 nitrogen and oxygen atoms in total. The van der Waals surface area contributed by atoms with Crippen molar-refractivity contribution in [1.82, 2.24) is 4.98 Å². The summed E-state index contributed by atoms with van der Waals surface area (Å²) >= 11 is 0. The van der Waals surface area contributed by atoms with Gasteiger partial charge in [0.05, 0.1) is 11.0 Å². The maximum atomic E-state index is 4.96. The Morgan fingerprint density at radius 1 is 0.500 bits per heavy atom. The predicted octanol–water partition coefficient (Wildman–Crippen LogP) is 5.69. The molecule has 102 valence electrons. The molecular weight excluding hydrogens is 266 g/mol. The Morgan fingerprint density at radius 3 is 1.82 bits per heavy atom. The van der Waals surface area contributed by atoms with Gasteiger partial charge in [0.15, 0.2) is 0 Å². The molecule has 0 saturated carbocycles. The third kappa shape index (κ3) is 1.51. The normalized spacial score (nSPS) is 11.6. The van der Waals surface area contributed by atoms with Crippen LogP contribution in [-0.4, -0.2) is 4.98 Å². The van der Waals surface area contributed by atoms with Gasteiger partial charge < -0.3 is 0 Å². The van der Waals surface area contributed by atoms with Crippen molar-refractivity contribution in [2.24, 2.45) is 0 Å². The molecule has 0 spiro atoms. The number of aromatic nitrogens is 1. The van der Waals surface area contributed by atoms with Crippen LogP contribution in [0.5, 0.6) is 0 Å². The van der Waals surface area contributed by atoms with Gasteiger partial charge in [0.1, 0.15) is 0 Å². The van der Waals surface area contributed by atoms with E-state index in [1.807, 2.05) is 6.07 Å². The molecule has 1 aromatic heterocycles. The summed E-state index contributed by atoms with van der Waals surface area (Å²) < 4.78 is 0. The van der Waals surface area contributed by atoms with Crippen molar-refractivity contribution >= 4 is 43.4 Å². The zero-order chi connectivity index (χ0) is 14.5. The molecule has 0 aliphatic heterocycles. The van der Waals surface area contributed by atoms with Crippen molar-refractivity contribution in [3.63, 3.8) is 0 Å². The van der Waals surface area contributed by atoms with Gasteiger partial charge in [-0.15, -0.1) is 0 Å². The molecule has 0 aliphatic carbocycles. The smallest absolute Gasteiger partial charge is 0.0794 e. The van der Waals surface area contributed by atoms with Crippen LogP contribution in [0, 0.1) is 0 Å². The molecule has 22 heavy (non-hydrogen) atoms. The Bertz CT molecular complexity index is 1080. The van der Waals surface area contributed by atoms with Gasteiger partial charge in [0, 0.05) is 16.2 Å². The Hall–Kier alpha value is -2.93. The van der Waals surface area contributed by atoms with Crippen LogP contribution in [-0.2, 0) is 0 Å². The number of hydrogen-bond donors (Lipinski definition) is 0. The van der Waals surface area contributed by atoms with Crippen molar-refractivity contribution in [3.8, 4) is 0 Å². The van der Waals surface area contributed by atoms with E-state index in [1.54, 1.807) is 0 Å². The van der Waals surface area contributed by atoms with Crippen LogP contribution in [0.4, 0.5) is 0 Å². The molecule has 0 radical (unpaired) electrons. The van der Waals surface area contributed by atoms with E-state index >= 15 is 0 Å². The zero-order valence-corrected chi connectivity index (χ0v) is 12.0. The molecule has 0 fully saturated rings. The molecule has 5 aromatic rings. The molecule has 4 aromatic carbocycles. The zero-order valence-electron chi connectivity index (χ0n) is 12.0. The summed E-state index contributed by atoms with van der Waals surface area (Å²) in [6, 6.07) is 27.8. The largest absolute Gasteiger partial charge is 0.247 e. The van der Waals surface area contributed by atoms with Crippen LogP contribution in [0.25, 0.3) is 43.4 Å². The van der Waals surface area contributed by atoms with Crippen molar-refractivity contribution in [1.29, 1.82) is 0 Å². The summed E-state index contributed by atoms with van der Waals surface area (Å²) in [6.07, 6.45) is 0. The van der Waals surface area contributed by atoms with Crippen LogP contribution >= 0.6 is 0 Å². The minimum atomic E-state index is 1.05. The van der Waals surface area contributed by atoms with Crippen LogP contribution < -0.4 is 0 Å². The molecule has 5 rings (SSSR count). The molecule has 0 unspecified atom stereocenters. The van der Waals surface area contributed by atoms with Crippen molar-refractivity contribution in [2.45, 2.75) is 0 Å². The Morgan fingerprint density at radius 2 is 1.05 bits per heavy atom. The fourth-order valence-electron chi connectivity index (χ4n) is 3.40. The lowest BCUT2D eigenvalue weighted by atomic mass is 9.96. The van der Waals surface area contributed by atoms with Gasteiger partial charge in [-0.1, -0.05) is 66.7 Å². The minimum Gasteiger partial charge on any atom is -0.247 e. The Labute approximate surface area is 127 Å². The quantitative estimate of drug-likeness (QED) is 0.262. The maximum absolute atomic E-state index is 4.96. The molecule has 0 amide bonds. The van der Waals surface area contributed by atoms with Crippen molar-refractivity contribution < 1.29 is 0 Å². The third-order valence-corrected chi connectivity index (χ3v) is 4.41. The van der Waals surface area contributed by atoms with Gasteiger partial charge in [-0.2, -0.15) is 0 Å². The van der Waals surface area contributed by atoms with Crippen LogP contribution in [0.15, 0.2) is 78.9 Å². The molecule has 0 aliphatic rings. The fourth-order valence-corrected chi connectivity index (χ4v) is 3.40. The SMILES string of the molecule is c1ccc2nc3c4ccccc4c4ccccc4c3cc2c1. The number of fused-ring (bicyclic) bond motifs is 7. The van der Waals surface area contributed by atoms with E-state index in [1.165, 1.54) is 32.3 Å². The fraction of sp³-hybridized carbons (Fsp3) is 0. The number of para-hydroxylation sites is 1. The first-order chi connectivity index (χ1) is 10.9. The average Bonchev–Trinajstić information content (AvgIpc) is 2.61. The van der Waals surface area contributed by atoms with Gasteiger partial charge in [0.25, 0.3) is 0 Å². The highest BCUT2D eigenvalue weighted by atomic mass is 14.7. The van der Waals surface area contributed by atoms with E-state index in [0.29, 0.717) is 0 Å². The molecular formula is C21H13N. The summed E-state index contributed by atoms with van der Waals surface area (Å²) in [6.45, 7) is 0. The third-order valence-electron chi connectivity index (χ3n) is 4.41. The van der Waals surface area contributed by atoms with E-state index in [0.717, 1.165) is 11.0 Å². The predicted molar refractivity (Wildman–Crippen MR) is 94.3 cm³/mol. The summed E-state index contributed by atoms with van der Waals surface area (Å²) in [5.41, 5.74) is 2.14. The van der Waals surface area contributed by atoms with E-state index in [-0.39, 0.29) is 0 Å². The summed E-state index contributed by atoms with van der Waals surface area (Å²) in [5.74, 6) is 0. The van der Waals surface area contributed by atoms with Gasteiger partial charge >= 0.3 is 0 Å². The first kappa shape index (κ1) is 11.7. The van der Waals surface area contributed by atoms with E-state index < -0.39 is 0 Å². The van der Waals surface area contributed by atoms with Gasteiger partial charge in [-0.25, -0.2) is 4.98 Å². The highest BCUT2D eigenvalue weighted by molar-refractivity contribution is 6.25. The molecule has 0 atom stereocenters. The van der Waals surface area contributed by atoms with Crippen LogP contribution in [0.2, 0.25) is 0 Å².